The Hall–Kier alpha value is -2.39. The van der Waals surface area contributed by atoms with Crippen molar-refractivity contribution in [2.24, 2.45) is 0 Å². The molecule has 2 N–H and O–H groups in total. The number of nitrogens with one attached hydrogen (secondary N) is 2. The van der Waals surface area contributed by atoms with Gasteiger partial charge < -0.3 is 14.8 Å². The Kier molecular flexibility index (Phi) is 5.35. The zero-order chi connectivity index (χ0) is 17.0. The summed E-state index contributed by atoms with van der Waals surface area (Å²) in [6, 6.07) is 2.93. The number of anilines is 2. The van der Waals surface area contributed by atoms with E-state index in [1.165, 1.54) is 26.4 Å². The lowest BCUT2D eigenvalue weighted by Gasteiger charge is -2.12. The van der Waals surface area contributed by atoms with Crippen molar-refractivity contribution in [3.05, 3.63) is 22.2 Å². The van der Waals surface area contributed by atoms with Gasteiger partial charge in [0.05, 0.1) is 24.9 Å². The maximum Gasteiger partial charge on any atom is 0.315 e. The summed E-state index contributed by atoms with van der Waals surface area (Å²) >= 11 is 7.14. The lowest BCUT2D eigenvalue weighted by molar-refractivity contribution is -0.133. The number of nitrogens with zero attached hydrogens (tertiary/aromatic N) is 2. The molecule has 0 unspecified atom stereocenters. The number of aryl methyl sites for hydroxylation is 1. The van der Waals surface area contributed by atoms with E-state index in [-0.39, 0.29) is 10.8 Å². The van der Waals surface area contributed by atoms with E-state index >= 15 is 0 Å². The van der Waals surface area contributed by atoms with Gasteiger partial charge in [0.15, 0.2) is 0 Å². The van der Waals surface area contributed by atoms with Gasteiger partial charge in [0.25, 0.3) is 0 Å². The first-order valence-electron chi connectivity index (χ1n) is 6.28. The van der Waals surface area contributed by atoms with E-state index in [0.717, 1.165) is 11.3 Å². The van der Waals surface area contributed by atoms with Gasteiger partial charge in [-0.2, -0.15) is 0 Å². The molecular formula is C13H13ClN4O4S. The van der Waals surface area contributed by atoms with E-state index in [0.29, 0.717) is 21.5 Å². The molecule has 0 bridgehead atoms. The molecule has 1 aromatic heterocycles. The molecule has 2 aromatic rings. The van der Waals surface area contributed by atoms with Crippen molar-refractivity contribution in [2.45, 2.75) is 6.92 Å². The number of carbonyl (C=O) groups excluding carboxylic acids is 2. The minimum Gasteiger partial charge on any atom is -0.495 e. The van der Waals surface area contributed by atoms with Crippen molar-refractivity contribution < 1.29 is 19.1 Å². The van der Waals surface area contributed by atoms with Crippen LogP contribution >= 0.6 is 22.9 Å². The Morgan fingerprint density at radius 2 is 1.74 bits per heavy atom. The van der Waals surface area contributed by atoms with Crippen molar-refractivity contribution in [1.29, 1.82) is 0 Å². The maximum absolute atomic E-state index is 12.0. The van der Waals surface area contributed by atoms with E-state index in [1.54, 1.807) is 6.92 Å². The van der Waals surface area contributed by atoms with Crippen LogP contribution in [0.2, 0.25) is 5.02 Å². The number of aromatic nitrogens is 2. The summed E-state index contributed by atoms with van der Waals surface area (Å²) < 4.78 is 10.2. The Morgan fingerprint density at radius 3 is 2.30 bits per heavy atom. The molecule has 0 aliphatic rings. The normalized spacial score (nSPS) is 10.1. The van der Waals surface area contributed by atoms with Crippen LogP contribution in [0.4, 0.5) is 10.8 Å². The molecule has 10 heteroatoms. The average Bonchev–Trinajstić information content (AvgIpc) is 2.93. The summed E-state index contributed by atoms with van der Waals surface area (Å²) in [5.41, 5.74) is 0.252. The van der Waals surface area contributed by atoms with E-state index in [4.69, 9.17) is 21.1 Å². The zero-order valence-electron chi connectivity index (χ0n) is 12.5. The van der Waals surface area contributed by atoms with Gasteiger partial charge in [-0.05, 0) is 6.92 Å². The van der Waals surface area contributed by atoms with Gasteiger partial charge in [0.1, 0.15) is 16.5 Å². The van der Waals surface area contributed by atoms with Crippen LogP contribution in [0.1, 0.15) is 5.01 Å². The van der Waals surface area contributed by atoms with Crippen molar-refractivity contribution >= 4 is 45.6 Å². The second kappa shape index (κ2) is 7.25. The number of halogens is 1. The molecule has 23 heavy (non-hydrogen) atoms. The molecule has 2 amide bonds. The molecule has 1 aromatic carbocycles. The Labute approximate surface area is 140 Å². The lowest BCUT2D eigenvalue weighted by atomic mass is 10.2. The van der Waals surface area contributed by atoms with Crippen molar-refractivity contribution in [2.75, 3.05) is 24.9 Å². The van der Waals surface area contributed by atoms with E-state index in [1.807, 2.05) is 0 Å². The zero-order valence-corrected chi connectivity index (χ0v) is 14.0. The van der Waals surface area contributed by atoms with Gasteiger partial charge in [-0.15, -0.1) is 10.2 Å². The largest absolute Gasteiger partial charge is 0.495 e. The summed E-state index contributed by atoms with van der Waals surface area (Å²) in [6.07, 6.45) is 0. The number of hydrogen-bond donors (Lipinski definition) is 2. The summed E-state index contributed by atoms with van der Waals surface area (Å²) in [5, 5.41) is 13.5. The predicted molar refractivity (Wildman–Crippen MR) is 86.5 cm³/mol. The first-order chi connectivity index (χ1) is 10.9. The summed E-state index contributed by atoms with van der Waals surface area (Å²) in [4.78, 5) is 23.8. The average molecular weight is 357 g/mol. The van der Waals surface area contributed by atoms with Crippen LogP contribution in [0.5, 0.6) is 11.5 Å². The monoisotopic (exact) mass is 356 g/mol. The standard InChI is InChI=1S/C13H13ClN4O4S/c1-6-17-18-13(23-6)16-12(20)11(19)15-8-5-9(21-2)7(14)4-10(8)22-3/h4-5H,1-3H3,(H,15,19)(H,16,18,20). The fourth-order valence-electron chi connectivity index (χ4n) is 1.64. The van der Waals surface area contributed by atoms with Crippen molar-refractivity contribution in [1.82, 2.24) is 10.2 Å². The third kappa shape index (κ3) is 4.08. The van der Waals surface area contributed by atoms with Gasteiger partial charge in [0, 0.05) is 12.1 Å². The number of methoxy groups -OCH3 is 2. The van der Waals surface area contributed by atoms with Gasteiger partial charge in [-0.3, -0.25) is 14.9 Å². The molecule has 0 radical (unpaired) electrons. The molecule has 0 saturated carbocycles. The summed E-state index contributed by atoms with van der Waals surface area (Å²) in [5.74, 6) is -1.13. The molecule has 8 nitrogen and oxygen atoms in total. The summed E-state index contributed by atoms with van der Waals surface area (Å²) in [6.45, 7) is 1.73. The van der Waals surface area contributed by atoms with Gasteiger partial charge >= 0.3 is 11.8 Å². The van der Waals surface area contributed by atoms with E-state index in [2.05, 4.69) is 20.8 Å². The fraction of sp³-hybridized carbons (Fsp3) is 0.231. The van der Waals surface area contributed by atoms with Crippen LogP contribution in [0.3, 0.4) is 0 Å². The van der Waals surface area contributed by atoms with Crippen molar-refractivity contribution in [3.63, 3.8) is 0 Å². The molecule has 0 spiro atoms. The topological polar surface area (TPSA) is 102 Å². The minimum absolute atomic E-state index is 0.239. The van der Waals surface area contributed by atoms with Crippen LogP contribution < -0.4 is 20.1 Å². The highest BCUT2D eigenvalue weighted by atomic mass is 35.5. The molecule has 1 heterocycles. The van der Waals surface area contributed by atoms with Crippen LogP contribution in [-0.4, -0.2) is 36.2 Å². The molecule has 0 atom stereocenters. The predicted octanol–water partition coefficient (Wildman–Crippen LogP) is 2.09. The highest BCUT2D eigenvalue weighted by Crippen LogP contribution is 2.35. The SMILES string of the molecule is COc1cc(NC(=O)C(=O)Nc2nnc(C)s2)c(OC)cc1Cl. The highest BCUT2D eigenvalue weighted by Gasteiger charge is 2.19. The number of ether oxygens (including phenoxy) is 2. The number of hydrogen-bond acceptors (Lipinski definition) is 7. The van der Waals surface area contributed by atoms with Crippen LogP contribution in [0.25, 0.3) is 0 Å². The van der Waals surface area contributed by atoms with Gasteiger partial charge in [0.2, 0.25) is 5.13 Å². The molecule has 122 valence electrons. The van der Waals surface area contributed by atoms with E-state index < -0.39 is 11.8 Å². The Morgan fingerprint density at radius 1 is 1.09 bits per heavy atom. The van der Waals surface area contributed by atoms with Crippen LogP contribution in [0.15, 0.2) is 12.1 Å². The molecule has 0 aliphatic heterocycles. The maximum atomic E-state index is 12.0. The minimum atomic E-state index is -0.888. The Balaban J connectivity index is 2.14. The second-order valence-electron chi connectivity index (χ2n) is 4.22. The molecule has 0 aliphatic carbocycles. The smallest absolute Gasteiger partial charge is 0.315 e. The quantitative estimate of drug-likeness (QED) is 0.813. The van der Waals surface area contributed by atoms with Crippen molar-refractivity contribution in [3.8, 4) is 11.5 Å². The third-order valence-electron chi connectivity index (χ3n) is 2.67. The molecule has 2 rings (SSSR count). The van der Waals surface area contributed by atoms with E-state index in [9.17, 15) is 9.59 Å². The first-order valence-corrected chi connectivity index (χ1v) is 7.48. The number of amides is 2. The van der Waals surface area contributed by atoms with Gasteiger partial charge in [-0.1, -0.05) is 22.9 Å². The number of rotatable bonds is 4. The molecule has 0 saturated heterocycles. The molecule has 0 fully saturated rings. The summed E-state index contributed by atoms with van der Waals surface area (Å²) in [7, 11) is 2.85. The molecular weight excluding hydrogens is 344 g/mol. The van der Waals surface area contributed by atoms with Crippen LogP contribution in [-0.2, 0) is 9.59 Å². The fourth-order valence-corrected chi connectivity index (χ4v) is 2.46. The first kappa shape index (κ1) is 17.0. The van der Waals surface area contributed by atoms with Crippen LogP contribution in [0, 0.1) is 6.92 Å². The second-order valence-corrected chi connectivity index (χ2v) is 5.81. The number of carbonyl (C=O) groups is 2. The number of benzene rings is 1. The van der Waals surface area contributed by atoms with Gasteiger partial charge in [-0.25, -0.2) is 0 Å². The third-order valence-corrected chi connectivity index (χ3v) is 3.72. The Bertz CT molecular complexity index is 750. The lowest BCUT2D eigenvalue weighted by Crippen LogP contribution is -2.29. The highest BCUT2D eigenvalue weighted by molar-refractivity contribution is 7.15.